The van der Waals surface area contributed by atoms with Crippen LogP contribution in [0.15, 0.2) is 54.7 Å². The number of nitro groups is 1. The molecule has 3 aromatic rings. The molecule has 0 radical (unpaired) electrons. The first-order valence-corrected chi connectivity index (χ1v) is 12.0. The van der Waals surface area contributed by atoms with Crippen LogP contribution in [0.25, 0.3) is 0 Å². The third-order valence-corrected chi connectivity index (χ3v) is 6.23. The molecule has 0 saturated carbocycles. The van der Waals surface area contributed by atoms with Gasteiger partial charge in [0, 0.05) is 30.1 Å². The summed E-state index contributed by atoms with van der Waals surface area (Å²) in [6.45, 7) is 7.20. The van der Waals surface area contributed by atoms with Crippen LogP contribution in [-0.2, 0) is 4.74 Å². The molecular formula is C25H29ClN6O3. The molecule has 1 aromatic heterocycles. The van der Waals surface area contributed by atoms with Gasteiger partial charge in [0.05, 0.1) is 17.2 Å². The highest BCUT2D eigenvalue weighted by Gasteiger charge is 2.31. The zero-order valence-corrected chi connectivity index (χ0v) is 20.6. The lowest BCUT2D eigenvalue weighted by Gasteiger charge is -2.37. The molecule has 3 atom stereocenters. The van der Waals surface area contributed by atoms with Gasteiger partial charge in [0.25, 0.3) is 5.69 Å². The maximum atomic E-state index is 10.9. The highest BCUT2D eigenvalue weighted by atomic mass is 35.5. The molecule has 1 aliphatic heterocycles. The molecule has 10 heteroatoms. The number of nitrogens with zero attached hydrogens (tertiary/aromatic N) is 3. The molecule has 35 heavy (non-hydrogen) atoms. The van der Waals surface area contributed by atoms with Gasteiger partial charge in [-0.05, 0) is 55.9 Å². The van der Waals surface area contributed by atoms with Crippen molar-refractivity contribution >= 4 is 40.4 Å². The lowest BCUT2D eigenvalue weighted by molar-refractivity contribution is -0.384. The number of piperidine rings is 1. The van der Waals surface area contributed by atoms with Crippen LogP contribution >= 0.6 is 11.6 Å². The number of hydrogen-bond donors (Lipinski definition) is 3. The summed E-state index contributed by atoms with van der Waals surface area (Å²) in [5.74, 6) is 1.51. The van der Waals surface area contributed by atoms with Crippen molar-refractivity contribution in [1.82, 2.24) is 15.3 Å². The number of rotatable bonds is 8. The molecule has 4 rings (SSSR count). The maximum absolute atomic E-state index is 10.9. The fourth-order valence-electron chi connectivity index (χ4n) is 4.24. The second-order valence-electron chi connectivity index (χ2n) is 8.93. The molecule has 1 fully saturated rings. The van der Waals surface area contributed by atoms with Crippen LogP contribution < -0.4 is 16.0 Å². The highest BCUT2D eigenvalue weighted by molar-refractivity contribution is 6.32. The van der Waals surface area contributed by atoms with Crippen molar-refractivity contribution in [3.05, 3.63) is 75.4 Å². The Balaban J connectivity index is 1.55. The number of halogens is 1. The average molecular weight is 497 g/mol. The minimum atomic E-state index is -0.442. The third kappa shape index (κ3) is 6.25. The molecule has 3 N–H and O–H groups in total. The van der Waals surface area contributed by atoms with Crippen LogP contribution in [-0.4, -0.2) is 33.8 Å². The Kier molecular flexibility index (Phi) is 7.80. The number of non-ortho nitro benzene ring substituents is 1. The van der Waals surface area contributed by atoms with E-state index in [4.69, 9.17) is 16.3 Å². The lowest BCUT2D eigenvalue weighted by atomic mass is 9.81. The van der Waals surface area contributed by atoms with Gasteiger partial charge in [-0.2, -0.15) is 4.98 Å². The van der Waals surface area contributed by atoms with Crippen LogP contribution in [0.1, 0.15) is 38.7 Å². The second-order valence-corrected chi connectivity index (χ2v) is 9.34. The summed E-state index contributed by atoms with van der Waals surface area (Å²) >= 11 is 6.43. The Labute approximate surface area is 209 Å². The third-order valence-electron chi connectivity index (χ3n) is 5.95. The summed E-state index contributed by atoms with van der Waals surface area (Å²) in [7, 11) is 0. The summed E-state index contributed by atoms with van der Waals surface area (Å²) in [5, 5.41) is 21.2. The first-order chi connectivity index (χ1) is 16.8. The second kappa shape index (κ2) is 11.0. The molecule has 9 nitrogen and oxygen atoms in total. The zero-order chi connectivity index (χ0) is 24.9. The van der Waals surface area contributed by atoms with Crippen molar-refractivity contribution in [1.29, 1.82) is 0 Å². The fraction of sp³-hybridized carbons (Fsp3) is 0.360. The molecule has 0 aliphatic carbocycles. The van der Waals surface area contributed by atoms with E-state index in [1.54, 1.807) is 12.1 Å². The molecule has 1 saturated heterocycles. The largest absolute Gasteiger partial charge is 0.361 e. The SMILES string of the molecule is CC(C)OC1CC(c2ccccc2Nc2nc(Nc3ccc([N+](=O)[O-])cc3)ncc2Cl)C(C)CN1. The monoisotopic (exact) mass is 496 g/mol. The van der Waals surface area contributed by atoms with Gasteiger partial charge in [-0.25, -0.2) is 4.98 Å². The van der Waals surface area contributed by atoms with Crippen LogP contribution in [0.5, 0.6) is 0 Å². The highest BCUT2D eigenvalue weighted by Crippen LogP contribution is 2.38. The predicted molar refractivity (Wildman–Crippen MR) is 138 cm³/mol. The smallest absolute Gasteiger partial charge is 0.269 e. The number of nitrogens with one attached hydrogen (secondary N) is 3. The van der Waals surface area contributed by atoms with Gasteiger partial charge < -0.3 is 15.4 Å². The van der Waals surface area contributed by atoms with E-state index in [0.717, 1.165) is 18.7 Å². The average Bonchev–Trinajstić information content (AvgIpc) is 2.83. The molecule has 2 aromatic carbocycles. The van der Waals surface area contributed by atoms with E-state index in [9.17, 15) is 10.1 Å². The number of aromatic nitrogens is 2. The van der Waals surface area contributed by atoms with Crippen molar-refractivity contribution in [2.24, 2.45) is 5.92 Å². The van der Waals surface area contributed by atoms with E-state index in [-0.39, 0.29) is 18.0 Å². The number of nitro benzene ring substituents is 1. The summed E-state index contributed by atoms with van der Waals surface area (Å²) in [6, 6.07) is 14.2. The van der Waals surface area contributed by atoms with Gasteiger partial charge in [-0.1, -0.05) is 36.7 Å². The molecule has 1 aliphatic rings. The Morgan fingerprint density at radius 3 is 2.63 bits per heavy atom. The normalized spacial score (nSPS) is 20.0. The molecule has 2 heterocycles. The lowest BCUT2D eigenvalue weighted by Crippen LogP contribution is -2.44. The number of anilines is 4. The first kappa shape index (κ1) is 24.8. The van der Waals surface area contributed by atoms with Crippen LogP contribution in [0.4, 0.5) is 28.8 Å². The van der Waals surface area contributed by atoms with Gasteiger partial charge in [0.15, 0.2) is 5.82 Å². The van der Waals surface area contributed by atoms with E-state index in [0.29, 0.717) is 34.3 Å². The topological polar surface area (TPSA) is 114 Å². The molecule has 0 bridgehead atoms. The van der Waals surface area contributed by atoms with Crippen LogP contribution in [0.3, 0.4) is 0 Å². The van der Waals surface area contributed by atoms with Gasteiger partial charge >= 0.3 is 0 Å². The Hall–Kier alpha value is -3.27. The van der Waals surface area contributed by atoms with Gasteiger partial charge in [-0.15, -0.1) is 0 Å². The summed E-state index contributed by atoms with van der Waals surface area (Å²) in [5.41, 5.74) is 2.75. The van der Waals surface area contributed by atoms with E-state index in [1.165, 1.54) is 23.9 Å². The minimum absolute atomic E-state index is 0.00407. The Morgan fingerprint density at radius 1 is 1.17 bits per heavy atom. The summed E-state index contributed by atoms with van der Waals surface area (Å²) < 4.78 is 6.04. The Morgan fingerprint density at radius 2 is 1.91 bits per heavy atom. The van der Waals surface area contributed by atoms with Crippen molar-refractivity contribution < 1.29 is 9.66 Å². The fourth-order valence-corrected chi connectivity index (χ4v) is 4.38. The number of hydrogen-bond acceptors (Lipinski definition) is 8. The number of para-hydroxylation sites is 1. The molecule has 184 valence electrons. The maximum Gasteiger partial charge on any atom is 0.269 e. The van der Waals surface area contributed by atoms with E-state index < -0.39 is 4.92 Å². The van der Waals surface area contributed by atoms with Gasteiger partial charge in [-0.3, -0.25) is 15.4 Å². The zero-order valence-electron chi connectivity index (χ0n) is 19.9. The van der Waals surface area contributed by atoms with Crippen molar-refractivity contribution in [2.45, 2.75) is 45.4 Å². The van der Waals surface area contributed by atoms with Crippen LogP contribution in [0, 0.1) is 16.0 Å². The van der Waals surface area contributed by atoms with Crippen LogP contribution in [0.2, 0.25) is 5.02 Å². The van der Waals surface area contributed by atoms with E-state index >= 15 is 0 Å². The van der Waals surface area contributed by atoms with Crippen molar-refractivity contribution in [3.63, 3.8) is 0 Å². The minimum Gasteiger partial charge on any atom is -0.361 e. The Bertz CT molecular complexity index is 1170. The van der Waals surface area contributed by atoms with Gasteiger partial charge in [0.1, 0.15) is 11.3 Å². The van der Waals surface area contributed by atoms with E-state index in [1.807, 2.05) is 32.0 Å². The van der Waals surface area contributed by atoms with E-state index in [2.05, 4.69) is 38.9 Å². The molecular weight excluding hydrogens is 468 g/mol. The van der Waals surface area contributed by atoms with Crippen molar-refractivity contribution in [2.75, 3.05) is 17.2 Å². The van der Waals surface area contributed by atoms with Crippen molar-refractivity contribution in [3.8, 4) is 0 Å². The summed E-state index contributed by atoms with van der Waals surface area (Å²) in [4.78, 5) is 19.2. The number of ether oxygens (including phenoxy) is 1. The predicted octanol–water partition coefficient (Wildman–Crippen LogP) is 5.99. The quantitative estimate of drug-likeness (QED) is 0.257. The summed E-state index contributed by atoms with van der Waals surface area (Å²) in [6.07, 6.45) is 2.54. The number of benzene rings is 2. The molecule has 0 spiro atoms. The standard InChI is InChI=1S/C25H29ClN6O3/c1-15(2)35-23-12-20(16(3)13-27-23)19-6-4-5-7-22(19)30-24-21(26)14-28-25(31-24)29-17-8-10-18(11-9-17)32(33)34/h4-11,14-16,20,23,27H,12-13H2,1-3H3,(H2,28,29,30,31). The molecule has 3 unspecified atom stereocenters. The first-order valence-electron chi connectivity index (χ1n) is 11.6. The molecule has 0 amide bonds. The van der Waals surface area contributed by atoms with Gasteiger partial charge in [0.2, 0.25) is 5.95 Å².